The van der Waals surface area contributed by atoms with Gasteiger partial charge in [-0.1, -0.05) is 6.07 Å². The number of piperidine rings is 1. The second-order valence-corrected chi connectivity index (χ2v) is 4.93. The van der Waals surface area contributed by atoms with E-state index in [0.717, 1.165) is 18.6 Å². The number of nitrogens with one attached hydrogen (secondary N) is 1. The lowest BCUT2D eigenvalue weighted by Gasteiger charge is -2.33. The summed E-state index contributed by atoms with van der Waals surface area (Å²) in [4.78, 5) is 6.84. The van der Waals surface area contributed by atoms with Crippen molar-refractivity contribution in [3.8, 4) is 0 Å². The largest absolute Gasteiger partial charge is 0.371 e. The molecule has 3 rings (SSSR count). The van der Waals surface area contributed by atoms with E-state index < -0.39 is 0 Å². The maximum atomic E-state index is 4.36. The van der Waals surface area contributed by atoms with Gasteiger partial charge in [0.1, 0.15) is 0 Å². The van der Waals surface area contributed by atoms with Crippen molar-refractivity contribution in [2.24, 2.45) is 0 Å². The predicted octanol–water partition coefficient (Wildman–Crippen LogP) is 2.42. The second kappa shape index (κ2) is 4.94. The Bertz CT molecular complexity index is 530. The Balaban J connectivity index is 1.82. The Morgan fingerprint density at radius 3 is 2.83 bits per heavy atom. The molecule has 0 unspecified atom stereocenters. The van der Waals surface area contributed by atoms with Crippen LogP contribution in [-0.2, 0) is 0 Å². The molecule has 1 N–H and O–H groups in total. The molecular weight excluding hydrogens is 222 g/mol. The zero-order chi connectivity index (χ0) is 12.4. The standard InChI is InChI=1S/C15H19N3/c1-16-13-6-9-18(10-7-13)14-4-5-15-12(11-14)3-2-8-17-15/h2-5,8,11,13,16H,6-7,9-10H2,1H3. The normalized spacial score (nSPS) is 17.3. The van der Waals surface area contributed by atoms with E-state index in [1.54, 1.807) is 0 Å². The lowest BCUT2D eigenvalue weighted by molar-refractivity contribution is 0.442. The molecule has 0 radical (unpaired) electrons. The van der Waals surface area contributed by atoms with Crippen molar-refractivity contribution in [3.63, 3.8) is 0 Å². The average Bonchev–Trinajstić information content (AvgIpc) is 2.47. The first-order chi connectivity index (χ1) is 8.86. The molecule has 1 aliphatic heterocycles. The molecule has 1 saturated heterocycles. The lowest BCUT2D eigenvalue weighted by Crippen LogP contribution is -2.41. The van der Waals surface area contributed by atoms with Gasteiger partial charge in [0.05, 0.1) is 5.52 Å². The Hall–Kier alpha value is -1.61. The van der Waals surface area contributed by atoms with E-state index in [9.17, 15) is 0 Å². The van der Waals surface area contributed by atoms with Crippen LogP contribution in [0.15, 0.2) is 36.5 Å². The summed E-state index contributed by atoms with van der Waals surface area (Å²) in [7, 11) is 2.06. The summed E-state index contributed by atoms with van der Waals surface area (Å²) in [5.74, 6) is 0. The molecule has 0 aliphatic carbocycles. The topological polar surface area (TPSA) is 28.2 Å². The Kier molecular flexibility index (Phi) is 3.15. The van der Waals surface area contributed by atoms with Crippen LogP contribution in [0.1, 0.15) is 12.8 Å². The van der Waals surface area contributed by atoms with Gasteiger partial charge in [0.25, 0.3) is 0 Å². The first-order valence-corrected chi connectivity index (χ1v) is 6.64. The van der Waals surface area contributed by atoms with Crippen molar-refractivity contribution in [1.29, 1.82) is 0 Å². The van der Waals surface area contributed by atoms with Crippen LogP contribution in [-0.4, -0.2) is 31.2 Å². The second-order valence-electron chi connectivity index (χ2n) is 4.93. The SMILES string of the molecule is CNC1CCN(c2ccc3ncccc3c2)CC1. The van der Waals surface area contributed by atoms with Crippen molar-refractivity contribution < 1.29 is 0 Å². The summed E-state index contributed by atoms with van der Waals surface area (Å²) >= 11 is 0. The fourth-order valence-electron chi connectivity index (χ4n) is 2.69. The molecule has 0 bridgehead atoms. The quantitative estimate of drug-likeness (QED) is 0.875. The van der Waals surface area contributed by atoms with Gasteiger partial charge in [0.2, 0.25) is 0 Å². The van der Waals surface area contributed by atoms with Gasteiger partial charge in [-0.25, -0.2) is 0 Å². The van der Waals surface area contributed by atoms with Crippen molar-refractivity contribution in [1.82, 2.24) is 10.3 Å². The van der Waals surface area contributed by atoms with E-state index in [0.29, 0.717) is 6.04 Å². The Morgan fingerprint density at radius 2 is 2.06 bits per heavy atom. The fourth-order valence-corrected chi connectivity index (χ4v) is 2.69. The number of pyridine rings is 1. The van der Waals surface area contributed by atoms with Crippen LogP contribution >= 0.6 is 0 Å². The average molecular weight is 241 g/mol. The van der Waals surface area contributed by atoms with Crippen LogP contribution in [0, 0.1) is 0 Å². The van der Waals surface area contributed by atoms with Crippen molar-refractivity contribution in [3.05, 3.63) is 36.5 Å². The van der Waals surface area contributed by atoms with E-state index in [1.807, 2.05) is 12.3 Å². The third-order valence-corrected chi connectivity index (χ3v) is 3.85. The predicted molar refractivity (Wildman–Crippen MR) is 76.0 cm³/mol. The molecule has 0 atom stereocenters. The highest BCUT2D eigenvalue weighted by Gasteiger charge is 2.17. The van der Waals surface area contributed by atoms with Crippen LogP contribution in [0.3, 0.4) is 0 Å². The van der Waals surface area contributed by atoms with E-state index in [1.165, 1.54) is 23.9 Å². The number of aromatic nitrogens is 1. The van der Waals surface area contributed by atoms with Crippen LogP contribution in [0.5, 0.6) is 0 Å². The molecule has 2 aromatic rings. The maximum absolute atomic E-state index is 4.36. The summed E-state index contributed by atoms with van der Waals surface area (Å²) < 4.78 is 0. The van der Waals surface area contributed by atoms with Gasteiger partial charge in [-0.3, -0.25) is 4.98 Å². The molecule has 3 heteroatoms. The zero-order valence-corrected chi connectivity index (χ0v) is 10.8. The number of nitrogens with zero attached hydrogens (tertiary/aromatic N) is 2. The summed E-state index contributed by atoms with van der Waals surface area (Å²) in [5, 5.41) is 4.60. The molecule has 1 aliphatic rings. The lowest BCUT2D eigenvalue weighted by atomic mass is 10.0. The van der Waals surface area contributed by atoms with Gasteiger partial charge >= 0.3 is 0 Å². The highest BCUT2D eigenvalue weighted by atomic mass is 15.1. The van der Waals surface area contributed by atoms with Crippen molar-refractivity contribution in [2.75, 3.05) is 25.0 Å². The molecule has 1 fully saturated rings. The monoisotopic (exact) mass is 241 g/mol. The Morgan fingerprint density at radius 1 is 1.22 bits per heavy atom. The number of benzene rings is 1. The number of hydrogen-bond donors (Lipinski definition) is 1. The molecule has 1 aromatic heterocycles. The number of anilines is 1. The van der Waals surface area contributed by atoms with E-state index in [2.05, 4.69) is 46.5 Å². The minimum Gasteiger partial charge on any atom is -0.371 e. The van der Waals surface area contributed by atoms with Gasteiger partial charge in [-0.05, 0) is 44.2 Å². The molecule has 0 saturated carbocycles. The summed E-state index contributed by atoms with van der Waals surface area (Å²) in [6.45, 7) is 2.27. The maximum Gasteiger partial charge on any atom is 0.0703 e. The molecule has 0 amide bonds. The van der Waals surface area contributed by atoms with Crippen LogP contribution in [0.25, 0.3) is 10.9 Å². The van der Waals surface area contributed by atoms with E-state index >= 15 is 0 Å². The molecule has 94 valence electrons. The summed E-state index contributed by atoms with van der Waals surface area (Å²) in [5.41, 5.74) is 2.40. The first kappa shape index (κ1) is 11.5. The number of hydrogen-bond acceptors (Lipinski definition) is 3. The van der Waals surface area contributed by atoms with Crippen molar-refractivity contribution in [2.45, 2.75) is 18.9 Å². The molecule has 18 heavy (non-hydrogen) atoms. The van der Waals surface area contributed by atoms with Gasteiger partial charge in [-0.2, -0.15) is 0 Å². The smallest absolute Gasteiger partial charge is 0.0703 e. The number of rotatable bonds is 2. The first-order valence-electron chi connectivity index (χ1n) is 6.64. The van der Waals surface area contributed by atoms with Crippen LogP contribution in [0.4, 0.5) is 5.69 Å². The van der Waals surface area contributed by atoms with E-state index in [-0.39, 0.29) is 0 Å². The Labute approximate surface area is 108 Å². The van der Waals surface area contributed by atoms with Gasteiger partial charge in [0, 0.05) is 36.4 Å². The number of fused-ring (bicyclic) bond motifs is 1. The van der Waals surface area contributed by atoms with Crippen LogP contribution < -0.4 is 10.2 Å². The fraction of sp³-hybridized carbons (Fsp3) is 0.400. The zero-order valence-electron chi connectivity index (χ0n) is 10.8. The van der Waals surface area contributed by atoms with Crippen molar-refractivity contribution >= 4 is 16.6 Å². The highest BCUT2D eigenvalue weighted by molar-refractivity contribution is 5.82. The summed E-state index contributed by atoms with van der Waals surface area (Å²) in [6, 6.07) is 11.4. The van der Waals surface area contributed by atoms with Crippen LogP contribution in [0.2, 0.25) is 0 Å². The summed E-state index contributed by atoms with van der Waals surface area (Å²) in [6.07, 6.45) is 4.30. The molecule has 0 spiro atoms. The molecule has 2 heterocycles. The molecule has 1 aromatic carbocycles. The van der Waals surface area contributed by atoms with Gasteiger partial charge in [-0.15, -0.1) is 0 Å². The van der Waals surface area contributed by atoms with Gasteiger partial charge < -0.3 is 10.2 Å². The molecule has 3 nitrogen and oxygen atoms in total. The third kappa shape index (κ3) is 2.18. The van der Waals surface area contributed by atoms with Gasteiger partial charge in [0.15, 0.2) is 0 Å². The van der Waals surface area contributed by atoms with E-state index in [4.69, 9.17) is 0 Å². The molecular formula is C15H19N3. The minimum absolute atomic E-state index is 0.684. The third-order valence-electron chi connectivity index (χ3n) is 3.85. The highest BCUT2D eigenvalue weighted by Crippen LogP contribution is 2.23. The minimum atomic E-state index is 0.684.